The number of hydrogen-bond acceptors (Lipinski definition) is 0. The topological polar surface area (TPSA) is 0 Å². The van der Waals surface area contributed by atoms with Crippen LogP contribution < -0.4 is 0 Å². The molecule has 0 N–H and O–H groups in total. The molecule has 0 aliphatic carbocycles. The van der Waals surface area contributed by atoms with Crippen LogP contribution in [-0.4, -0.2) is 4.43 Å². The van der Waals surface area contributed by atoms with Crippen LogP contribution in [0.1, 0.15) is 57.6 Å². The predicted octanol–water partition coefficient (Wildman–Crippen LogP) is 6.59. The van der Waals surface area contributed by atoms with Gasteiger partial charge in [-0.25, -0.2) is 0 Å². The minimum absolute atomic E-state index is 1.15. The van der Waals surface area contributed by atoms with Gasteiger partial charge in [0, 0.05) is 0 Å². The van der Waals surface area contributed by atoms with Crippen LogP contribution in [-0.2, 0) is 6.42 Å². The van der Waals surface area contributed by atoms with Crippen molar-refractivity contribution < 1.29 is 0 Å². The van der Waals surface area contributed by atoms with Crippen molar-refractivity contribution in [2.24, 2.45) is 0 Å². The van der Waals surface area contributed by atoms with E-state index >= 15 is 0 Å². The van der Waals surface area contributed by atoms with Gasteiger partial charge in [0.05, 0.1) is 0 Å². The molecule has 0 amide bonds. The molecule has 0 aliphatic rings. The second kappa shape index (κ2) is 10.2. The van der Waals surface area contributed by atoms with E-state index in [-0.39, 0.29) is 0 Å². The van der Waals surface area contributed by atoms with Crippen LogP contribution in [0.25, 0.3) is 6.08 Å². The normalized spacial score (nSPS) is 11.5. The van der Waals surface area contributed by atoms with Gasteiger partial charge in [0.15, 0.2) is 0 Å². The van der Waals surface area contributed by atoms with Gasteiger partial charge >= 0.3 is 0 Å². The molecule has 0 saturated heterocycles. The summed E-state index contributed by atoms with van der Waals surface area (Å²) < 4.78 is 1.27. The van der Waals surface area contributed by atoms with Gasteiger partial charge in [0.2, 0.25) is 0 Å². The van der Waals surface area contributed by atoms with Crippen molar-refractivity contribution in [1.29, 1.82) is 0 Å². The number of rotatable bonds is 8. The fourth-order valence-electron chi connectivity index (χ4n) is 2.15. The van der Waals surface area contributed by atoms with Crippen LogP contribution in [0.3, 0.4) is 0 Å². The molecule has 20 heavy (non-hydrogen) atoms. The molecular formula is C19H27I. The van der Waals surface area contributed by atoms with E-state index in [2.05, 4.69) is 79.8 Å². The van der Waals surface area contributed by atoms with Gasteiger partial charge in [-0.1, -0.05) is 70.2 Å². The van der Waals surface area contributed by atoms with Gasteiger partial charge in [-0.3, -0.25) is 0 Å². The molecule has 1 aromatic carbocycles. The minimum Gasteiger partial charge on any atom is -0.0864 e. The average molecular weight is 382 g/mol. The number of allylic oxidation sites excluding steroid dienone is 3. The molecule has 0 aliphatic heterocycles. The first-order valence-electron chi connectivity index (χ1n) is 7.57. The van der Waals surface area contributed by atoms with E-state index in [0.29, 0.717) is 0 Å². The van der Waals surface area contributed by atoms with E-state index < -0.39 is 0 Å². The highest BCUT2D eigenvalue weighted by atomic mass is 127. The molecule has 0 spiro atoms. The lowest BCUT2D eigenvalue weighted by Crippen LogP contribution is -1.86. The Hall–Kier alpha value is -0.570. The largest absolute Gasteiger partial charge is 0.0864 e. The standard InChI is InChI=1S/C19H27I/c1-16(2)7-6-8-17(3)15-19-12-10-18(11-13-19)9-4-5-14-20/h7,10-13,15H,4-6,8-9,14H2,1-3H3/b17-15+. The summed E-state index contributed by atoms with van der Waals surface area (Å²) in [5, 5.41) is 0. The average Bonchev–Trinajstić information content (AvgIpc) is 2.40. The smallest absolute Gasteiger partial charge is 0.000461 e. The summed E-state index contributed by atoms with van der Waals surface area (Å²) in [5.74, 6) is 0. The maximum absolute atomic E-state index is 2.45. The van der Waals surface area contributed by atoms with Crippen LogP contribution in [0.2, 0.25) is 0 Å². The monoisotopic (exact) mass is 382 g/mol. The Morgan fingerprint density at radius 1 is 1.05 bits per heavy atom. The third-order valence-electron chi connectivity index (χ3n) is 3.33. The van der Waals surface area contributed by atoms with Gasteiger partial charge in [0.1, 0.15) is 0 Å². The van der Waals surface area contributed by atoms with Gasteiger partial charge in [-0.2, -0.15) is 0 Å². The van der Waals surface area contributed by atoms with Crippen molar-refractivity contribution in [1.82, 2.24) is 0 Å². The van der Waals surface area contributed by atoms with Gasteiger partial charge < -0.3 is 0 Å². The molecule has 110 valence electrons. The zero-order valence-corrected chi connectivity index (χ0v) is 15.2. The fraction of sp³-hybridized carbons (Fsp3) is 0.474. The zero-order valence-electron chi connectivity index (χ0n) is 13.1. The van der Waals surface area contributed by atoms with Gasteiger partial charge in [0.25, 0.3) is 0 Å². The molecule has 0 unspecified atom stereocenters. The Balaban J connectivity index is 2.48. The summed E-state index contributed by atoms with van der Waals surface area (Å²) in [6, 6.07) is 9.07. The first-order chi connectivity index (χ1) is 9.61. The van der Waals surface area contributed by atoms with Gasteiger partial charge in [-0.15, -0.1) is 0 Å². The summed E-state index contributed by atoms with van der Waals surface area (Å²) in [4.78, 5) is 0. The van der Waals surface area contributed by atoms with Crippen molar-refractivity contribution in [3.8, 4) is 0 Å². The Bertz CT molecular complexity index is 433. The molecule has 0 nitrogen and oxygen atoms in total. The van der Waals surface area contributed by atoms with Gasteiger partial charge in [-0.05, 0) is 68.4 Å². The maximum atomic E-state index is 2.45. The summed E-state index contributed by atoms with van der Waals surface area (Å²) in [6.07, 6.45) is 10.8. The lowest BCUT2D eigenvalue weighted by Gasteiger charge is -2.03. The van der Waals surface area contributed by atoms with Crippen LogP contribution in [0.5, 0.6) is 0 Å². The Kier molecular flexibility index (Phi) is 8.92. The summed E-state index contributed by atoms with van der Waals surface area (Å²) in [7, 11) is 0. The first kappa shape index (κ1) is 17.5. The van der Waals surface area contributed by atoms with E-state index in [1.165, 1.54) is 46.0 Å². The lowest BCUT2D eigenvalue weighted by atomic mass is 10.0. The van der Waals surface area contributed by atoms with Crippen molar-refractivity contribution in [2.45, 2.75) is 52.9 Å². The number of unbranched alkanes of at least 4 members (excludes halogenated alkanes) is 1. The third kappa shape index (κ3) is 7.88. The van der Waals surface area contributed by atoms with E-state index in [1.54, 1.807) is 0 Å². The Morgan fingerprint density at radius 3 is 2.35 bits per heavy atom. The highest BCUT2D eigenvalue weighted by Crippen LogP contribution is 2.14. The number of hydrogen-bond donors (Lipinski definition) is 0. The molecule has 0 atom stereocenters. The number of benzene rings is 1. The van der Waals surface area contributed by atoms with Crippen LogP contribution in [0.4, 0.5) is 0 Å². The first-order valence-corrected chi connectivity index (χ1v) is 9.10. The molecule has 0 bridgehead atoms. The molecule has 0 fully saturated rings. The minimum atomic E-state index is 1.15. The second-order valence-corrected chi connectivity index (χ2v) is 6.78. The molecular weight excluding hydrogens is 355 g/mol. The SMILES string of the molecule is CC(C)=CCC/C(C)=C/c1ccc(CCCCI)cc1. The predicted molar refractivity (Wildman–Crippen MR) is 101 cm³/mol. The molecule has 0 heterocycles. The highest BCUT2D eigenvalue weighted by Gasteiger charge is 1.95. The van der Waals surface area contributed by atoms with Crippen molar-refractivity contribution in [2.75, 3.05) is 4.43 Å². The Labute approximate surface area is 138 Å². The fourth-order valence-corrected chi connectivity index (χ4v) is 2.69. The van der Waals surface area contributed by atoms with Crippen LogP contribution in [0, 0.1) is 0 Å². The van der Waals surface area contributed by atoms with E-state index in [4.69, 9.17) is 0 Å². The molecule has 1 aromatic rings. The second-order valence-electron chi connectivity index (χ2n) is 5.70. The molecule has 0 radical (unpaired) electrons. The third-order valence-corrected chi connectivity index (χ3v) is 4.10. The van der Waals surface area contributed by atoms with E-state index in [1.807, 2.05) is 0 Å². The van der Waals surface area contributed by atoms with Crippen molar-refractivity contribution in [3.05, 3.63) is 52.6 Å². The van der Waals surface area contributed by atoms with E-state index in [0.717, 1.165) is 12.8 Å². The summed E-state index contributed by atoms with van der Waals surface area (Å²) in [6.45, 7) is 6.55. The molecule has 0 saturated carbocycles. The lowest BCUT2D eigenvalue weighted by molar-refractivity contribution is 0.809. The Morgan fingerprint density at radius 2 is 1.75 bits per heavy atom. The van der Waals surface area contributed by atoms with Crippen molar-refractivity contribution in [3.63, 3.8) is 0 Å². The summed E-state index contributed by atoms with van der Waals surface area (Å²) in [5.41, 5.74) is 5.67. The zero-order chi connectivity index (χ0) is 14.8. The molecule has 0 aromatic heterocycles. The maximum Gasteiger partial charge on any atom is -0.000461 e. The summed E-state index contributed by atoms with van der Waals surface area (Å²) >= 11 is 2.45. The molecule has 1 heteroatoms. The van der Waals surface area contributed by atoms with Crippen LogP contribution >= 0.6 is 22.6 Å². The highest BCUT2D eigenvalue weighted by molar-refractivity contribution is 14.1. The number of alkyl halides is 1. The van der Waals surface area contributed by atoms with Crippen LogP contribution in [0.15, 0.2) is 41.5 Å². The molecule has 1 rings (SSSR count). The van der Waals surface area contributed by atoms with Crippen molar-refractivity contribution >= 4 is 28.7 Å². The number of halogens is 1. The van der Waals surface area contributed by atoms with E-state index in [9.17, 15) is 0 Å². The number of aryl methyl sites for hydroxylation is 1. The quantitative estimate of drug-likeness (QED) is 0.206.